The van der Waals surface area contributed by atoms with Gasteiger partial charge in [0.1, 0.15) is 23.7 Å². The molecule has 35 heavy (non-hydrogen) atoms. The highest BCUT2D eigenvalue weighted by atomic mass is 32.2. The third kappa shape index (κ3) is 5.24. The highest BCUT2D eigenvalue weighted by Gasteiger charge is 2.46. The molecule has 5 rings (SSSR count). The van der Waals surface area contributed by atoms with E-state index in [1.807, 2.05) is 0 Å². The molecule has 10 heteroatoms. The average molecular weight is 503 g/mol. The van der Waals surface area contributed by atoms with Gasteiger partial charge in [0.25, 0.3) is 10.0 Å². The van der Waals surface area contributed by atoms with Crippen LogP contribution in [0.4, 0.5) is 5.69 Å². The number of nitrogens with one attached hydrogen (secondary N) is 2. The average Bonchev–Trinajstić information content (AvgIpc) is 3.62. The summed E-state index contributed by atoms with van der Waals surface area (Å²) in [6.07, 6.45) is 1.76. The summed E-state index contributed by atoms with van der Waals surface area (Å²) in [5.74, 6) is 1.61. The Morgan fingerprint density at radius 2 is 1.94 bits per heavy atom. The predicted molar refractivity (Wildman–Crippen MR) is 128 cm³/mol. The van der Waals surface area contributed by atoms with Crippen molar-refractivity contribution in [2.75, 3.05) is 25.0 Å². The normalized spacial score (nSPS) is 25.2. The minimum atomic E-state index is -3.80. The Morgan fingerprint density at radius 1 is 1.17 bits per heavy atom. The number of hydrogen-bond donors (Lipinski definition) is 3. The van der Waals surface area contributed by atoms with Crippen LogP contribution in [0.5, 0.6) is 11.5 Å². The third-order valence-electron chi connectivity index (χ3n) is 6.82. The number of aliphatic hydroxyl groups excluding tert-OH is 1. The number of fused-ring (bicyclic) bond motifs is 3. The molecule has 1 amide bonds. The molecule has 2 aliphatic heterocycles. The summed E-state index contributed by atoms with van der Waals surface area (Å²) in [4.78, 5) is 12.5. The number of benzene rings is 2. The number of amides is 1. The maximum absolute atomic E-state index is 12.9. The number of sulfonamides is 1. The summed E-state index contributed by atoms with van der Waals surface area (Å²) < 4.78 is 45.6. The molecule has 2 heterocycles. The van der Waals surface area contributed by atoms with Gasteiger partial charge in [0.05, 0.1) is 31.1 Å². The maximum atomic E-state index is 12.9. The minimum absolute atomic E-state index is 0.0582. The van der Waals surface area contributed by atoms with Crippen LogP contribution in [0.2, 0.25) is 0 Å². The summed E-state index contributed by atoms with van der Waals surface area (Å²) in [6, 6.07) is 11.3. The van der Waals surface area contributed by atoms with Crippen molar-refractivity contribution in [3.05, 3.63) is 48.0 Å². The molecule has 4 atom stereocenters. The van der Waals surface area contributed by atoms with Crippen molar-refractivity contribution in [3.8, 4) is 11.5 Å². The minimum Gasteiger partial charge on any atom is -0.497 e. The highest BCUT2D eigenvalue weighted by Crippen LogP contribution is 2.47. The molecular formula is C25H30N2O7S. The lowest BCUT2D eigenvalue weighted by Gasteiger charge is -2.37. The lowest BCUT2D eigenvalue weighted by atomic mass is 9.84. The number of aliphatic hydroxyl groups is 1. The van der Waals surface area contributed by atoms with Crippen LogP contribution in [0, 0.1) is 5.92 Å². The van der Waals surface area contributed by atoms with Crippen molar-refractivity contribution < 1.29 is 32.5 Å². The Morgan fingerprint density at radius 3 is 2.63 bits per heavy atom. The first-order valence-corrected chi connectivity index (χ1v) is 13.3. The fourth-order valence-electron chi connectivity index (χ4n) is 4.78. The van der Waals surface area contributed by atoms with Crippen LogP contribution in [0.3, 0.4) is 0 Å². The molecule has 2 fully saturated rings. The summed E-state index contributed by atoms with van der Waals surface area (Å²) in [6.45, 7) is 0.469. The van der Waals surface area contributed by atoms with Gasteiger partial charge < -0.3 is 24.6 Å². The van der Waals surface area contributed by atoms with E-state index in [-0.39, 0.29) is 35.9 Å². The van der Waals surface area contributed by atoms with Crippen LogP contribution in [0.15, 0.2) is 47.4 Å². The van der Waals surface area contributed by atoms with Gasteiger partial charge in [-0.2, -0.15) is 0 Å². The summed E-state index contributed by atoms with van der Waals surface area (Å²) >= 11 is 0. The Kier molecular flexibility index (Phi) is 6.61. The van der Waals surface area contributed by atoms with Gasteiger partial charge in [-0.15, -0.1) is 0 Å². The number of ether oxygens (including phenoxy) is 3. The summed E-state index contributed by atoms with van der Waals surface area (Å²) in [5.41, 5.74) is 1.25. The first kappa shape index (κ1) is 23.9. The lowest BCUT2D eigenvalue weighted by molar-refractivity contribution is -0.142. The van der Waals surface area contributed by atoms with Gasteiger partial charge in [0, 0.05) is 23.7 Å². The smallest absolute Gasteiger partial charge is 0.261 e. The van der Waals surface area contributed by atoms with Crippen LogP contribution in [0.1, 0.15) is 37.2 Å². The number of rotatable bonds is 9. The Labute approximate surface area is 204 Å². The van der Waals surface area contributed by atoms with E-state index >= 15 is 0 Å². The van der Waals surface area contributed by atoms with E-state index in [0.717, 1.165) is 18.4 Å². The SMILES string of the molecule is COc1ccc(S(=O)(=O)Nc2ccc3c(c2)[C@H]2C[C@@H](CC(=O)NCC4CC4)O[C@@H](CO)[C@H]2O3)cc1. The molecule has 0 radical (unpaired) electrons. The molecule has 2 aromatic carbocycles. The molecule has 9 nitrogen and oxygen atoms in total. The Bertz CT molecular complexity index is 1180. The first-order chi connectivity index (χ1) is 16.9. The van der Waals surface area contributed by atoms with Crippen molar-refractivity contribution in [3.63, 3.8) is 0 Å². The lowest BCUT2D eigenvalue weighted by Crippen LogP contribution is -2.47. The van der Waals surface area contributed by atoms with E-state index in [0.29, 0.717) is 36.1 Å². The molecule has 3 aliphatic rings. The zero-order valence-corrected chi connectivity index (χ0v) is 20.3. The zero-order chi connectivity index (χ0) is 24.6. The molecule has 0 bridgehead atoms. The summed E-state index contributed by atoms with van der Waals surface area (Å²) in [7, 11) is -2.28. The standard InChI is InChI=1S/C25H30N2O7S/c1-32-17-5-7-19(8-6-17)35(30,31)27-16-4-9-22-20(10-16)21-11-18(33-23(14-28)25(21)34-22)12-24(29)26-13-15-2-3-15/h4-10,15,18,21,23,25,27-28H,2-3,11-14H2,1H3,(H,26,29)/t18-,21+,23-,25-/m0/s1. The molecule has 2 aromatic rings. The van der Waals surface area contributed by atoms with Crippen molar-refractivity contribution in [2.45, 2.75) is 54.8 Å². The van der Waals surface area contributed by atoms with Gasteiger partial charge in [-0.05, 0) is 67.6 Å². The van der Waals surface area contributed by atoms with E-state index in [1.54, 1.807) is 30.3 Å². The highest BCUT2D eigenvalue weighted by molar-refractivity contribution is 7.92. The second-order valence-corrected chi connectivity index (χ2v) is 11.1. The number of carbonyl (C=O) groups excluding carboxylic acids is 1. The van der Waals surface area contributed by atoms with Gasteiger partial charge in [-0.1, -0.05) is 0 Å². The second kappa shape index (κ2) is 9.67. The van der Waals surface area contributed by atoms with Crippen LogP contribution in [-0.2, 0) is 19.6 Å². The Hall–Kier alpha value is -2.82. The largest absolute Gasteiger partial charge is 0.497 e. The Balaban J connectivity index is 1.31. The molecule has 188 valence electrons. The molecule has 0 aromatic heterocycles. The first-order valence-electron chi connectivity index (χ1n) is 11.9. The molecule has 0 unspecified atom stereocenters. The van der Waals surface area contributed by atoms with Crippen LogP contribution in [-0.4, -0.2) is 58.0 Å². The van der Waals surface area contributed by atoms with Crippen LogP contribution < -0.4 is 19.5 Å². The van der Waals surface area contributed by atoms with Crippen molar-refractivity contribution in [2.24, 2.45) is 5.92 Å². The van der Waals surface area contributed by atoms with Gasteiger partial charge in [-0.3, -0.25) is 9.52 Å². The van der Waals surface area contributed by atoms with E-state index in [9.17, 15) is 18.3 Å². The van der Waals surface area contributed by atoms with E-state index < -0.39 is 22.2 Å². The predicted octanol–water partition coefficient (Wildman–Crippen LogP) is 2.41. The molecule has 3 N–H and O–H groups in total. The number of carbonyl (C=O) groups is 1. The topological polar surface area (TPSA) is 123 Å². The molecule has 1 saturated heterocycles. The van der Waals surface area contributed by atoms with Crippen LogP contribution >= 0.6 is 0 Å². The van der Waals surface area contributed by atoms with Crippen molar-refractivity contribution >= 4 is 21.6 Å². The van der Waals surface area contributed by atoms with Gasteiger partial charge in [0.2, 0.25) is 5.91 Å². The monoisotopic (exact) mass is 502 g/mol. The van der Waals surface area contributed by atoms with Crippen molar-refractivity contribution in [1.82, 2.24) is 5.32 Å². The zero-order valence-electron chi connectivity index (χ0n) is 19.5. The molecule has 1 aliphatic carbocycles. The van der Waals surface area contributed by atoms with E-state index in [2.05, 4.69) is 10.0 Å². The number of hydrogen-bond acceptors (Lipinski definition) is 7. The van der Waals surface area contributed by atoms with Gasteiger partial charge in [0.15, 0.2) is 0 Å². The van der Waals surface area contributed by atoms with Crippen molar-refractivity contribution in [1.29, 1.82) is 0 Å². The van der Waals surface area contributed by atoms with Crippen LogP contribution in [0.25, 0.3) is 0 Å². The van der Waals surface area contributed by atoms with Gasteiger partial charge in [-0.25, -0.2) is 8.42 Å². The summed E-state index contributed by atoms with van der Waals surface area (Å²) in [5, 5.41) is 12.9. The van der Waals surface area contributed by atoms with E-state index in [1.165, 1.54) is 19.2 Å². The number of anilines is 1. The maximum Gasteiger partial charge on any atom is 0.261 e. The fourth-order valence-corrected chi connectivity index (χ4v) is 5.83. The molecule has 1 saturated carbocycles. The fraction of sp³-hybridized carbons (Fsp3) is 0.480. The second-order valence-electron chi connectivity index (χ2n) is 9.39. The van der Waals surface area contributed by atoms with E-state index in [4.69, 9.17) is 14.2 Å². The molecule has 0 spiro atoms. The number of methoxy groups -OCH3 is 1. The molecular weight excluding hydrogens is 472 g/mol. The third-order valence-corrected chi connectivity index (χ3v) is 8.22. The van der Waals surface area contributed by atoms with Gasteiger partial charge >= 0.3 is 0 Å². The quantitative estimate of drug-likeness (QED) is 0.481.